The van der Waals surface area contributed by atoms with E-state index in [-0.39, 0.29) is 18.4 Å². The van der Waals surface area contributed by atoms with Crippen LogP contribution in [0, 0.1) is 0 Å². The molecule has 0 unspecified atom stereocenters. The van der Waals surface area contributed by atoms with Crippen molar-refractivity contribution in [2.75, 3.05) is 31.7 Å². The van der Waals surface area contributed by atoms with Gasteiger partial charge >= 0.3 is 0 Å². The maximum atomic E-state index is 12.9. The Morgan fingerprint density at radius 2 is 1.71 bits per heavy atom. The van der Waals surface area contributed by atoms with Crippen LogP contribution in [0.15, 0.2) is 53.4 Å². The molecule has 2 aromatic rings. The zero-order chi connectivity index (χ0) is 21.8. The van der Waals surface area contributed by atoms with Crippen molar-refractivity contribution in [2.24, 2.45) is 0 Å². The normalized spacial score (nSPS) is 17.5. The maximum absolute atomic E-state index is 12.9. The van der Waals surface area contributed by atoms with Crippen molar-refractivity contribution in [3.8, 4) is 11.5 Å². The first-order valence-corrected chi connectivity index (χ1v) is 11.2. The minimum Gasteiger partial charge on any atom is -0.497 e. The standard InChI is InChI=1S/C23H22N2O4S2/c1-28-18-10-6-17(7-11-18)25-22(27)20(31-23(25)30)14-16-4-8-19(9-5-16)29-15-21(26)24-12-2-3-13-24/h4-11,14H,2-3,12-13,15H2,1H3/b20-14-. The summed E-state index contributed by atoms with van der Waals surface area (Å²) in [5.74, 6) is 1.20. The minimum absolute atomic E-state index is 0.0174. The van der Waals surface area contributed by atoms with Crippen molar-refractivity contribution in [1.29, 1.82) is 0 Å². The number of thioether (sulfide) groups is 1. The third-order valence-corrected chi connectivity index (χ3v) is 6.43. The summed E-state index contributed by atoms with van der Waals surface area (Å²) < 4.78 is 11.3. The molecule has 0 saturated carbocycles. The summed E-state index contributed by atoms with van der Waals surface area (Å²) in [5.41, 5.74) is 1.56. The second-order valence-corrected chi connectivity index (χ2v) is 8.84. The van der Waals surface area contributed by atoms with E-state index in [9.17, 15) is 9.59 Å². The Hall–Kier alpha value is -2.84. The van der Waals surface area contributed by atoms with Crippen molar-refractivity contribution < 1.29 is 19.1 Å². The number of hydrogen-bond acceptors (Lipinski definition) is 6. The molecule has 2 heterocycles. The van der Waals surface area contributed by atoms with Crippen LogP contribution in [0.3, 0.4) is 0 Å². The van der Waals surface area contributed by atoms with E-state index in [1.165, 1.54) is 16.7 Å². The number of hydrogen-bond donors (Lipinski definition) is 0. The van der Waals surface area contributed by atoms with Gasteiger partial charge in [0.25, 0.3) is 11.8 Å². The van der Waals surface area contributed by atoms with Crippen molar-refractivity contribution in [3.63, 3.8) is 0 Å². The summed E-state index contributed by atoms with van der Waals surface area (Å²) in [4.78, 5) is 28.9. The molecule has 0 spiro atoms. The van der Waals surface area contributed by atoms with E-state index in [4.69, 9.17) is 21.7 Å². The number of likely N-dealkylation sites (tertiary alicyclic amines) is 1. The van der Waals surface area contributed by atoms with Crippen molar-refractivity contribution in [1.82, 2.24) is 4.90 Å². The van der Waals surface area contributed by atoms with Crippen LogP contribution < -0.4 is 14.4 Å². The van der Waals surface area contributed by atoms with Crippen LogP contribution in [0.2, 0.25) is 0 Å². The third-order valence-electron chi connectivity index (χ3n) is 5.12. The molecule has 2 amide bonds. The zero-order valence-electron chi connectivity index (χ0n) is 17.1. The number of rotatable bonds is 6. The Bertz CT molecular complexity index is 1010. The lowest BCUT2D eigenvalue weighted by Crippen LogP contribution is -2.32. The van der Waals surface area contributed by atoms with Gasteiger partial charge in [0.1, 0.15) is 11.5 Å². The smallest absolute Gasteiger partial charge is 0.270 e. The van der Waals surface area contributed by atoms with Gasteiger partial charge in [0.15, 0.2) is 10.9 Å². The van der Waals surface area contributed by atoms with Gasteiger partial charge in [-0.1, -0.05) is 36.1 Å². The molecule has 0 aliphatic carbocycles. The number of ether oxygens (including phenoxy) is 2. The van der Waals surface area contributed by atoms with Gasteiger partial charge in [0.05, 0.1) is 17.7 Å². The highest BCUT2D eigenvalue weighted by molar-refractivity contribution is 8.27. The molecule has 2 fully saturated rings. The molecule has 0 radical (unpaired) electrons. The van der Waals surface area contributed by atoms with Gasteiger partial charge in [-0.25, -0.2) is 0 Å². The fourth-order valence-electron chi connectivity index (χ4n) is 3.44. The summed E-state index contributed by atoms with van der Waals surface area (Å²) in [6.45, 7) is 1.67. The highest BCUT2D eigenvalue weighted by Crippen LogP contribution is 2.36. The van der Waals surface area contributed by atoms with E-state index in [1.54, 1.807) is 31.4 Å². The molecule has 0 N–H and O–H groups in total. The summed E-state index contributed by atoms with van der Waals surface area (Å²) in [6, 6.07) is 14.5. The number of benzene rings is 2. The second kappa shape index (κ2) is 9.53. The second-order valence-electron chi connectivity index (χ2n) is 7.16. The van der Waals surface area contributed by atoms with Crippen LogP contribution in [0.4, 0.5) is 5.69 Å². The molecule has 2 aromatic carbocycles. The highest BCUT2D eigenvalue weighted by atomic mass is 32.2. The Balaban J connectivity index is 1.40. The average Bonchev–Trinajstić information content (AvgIpc) is 3.42. The van der Waals surface area contributed by atoms with Crippen LogP contribution in [-0.4, -0.2) is 47.8 Å². The maximum Gasteiger partial charge on any atom is 0.270 e. The SMILES string of the molecule is COc1ccc(N2C(=O)/C(=C/c3ccc(OCC(=O)N4CCCC4)cc3)SC2=S)cc1. The molecular formula is C23H22N2O4S2. The fraction of sp³-hybridized carbons (Fsp3) is 0.261. The predicted octanol–water partition coefficient (Wildman–Crippen LogP) is 4.10. The lowest BCUT2D eigenvalue weighted by Gasteiger charge is -2.15. The lowest BCUT2D eigenvalue weighted by molar-refractivity contribution is -0.132. The molecule has 6 nitrogen and oxygen atoms in total. The number of amides is 2. The van der Waals surface area contributed by atoms with Crippen LogP contribution in [0.5, 0.6) is 11.5 Å². The van der Waals surface area contributed by atoms with E-state index in [0.29, 0.717) is 26.4 Å². The van der Waals surface area contributed by atoms with E-state index >= 15 is 0 Å². The molecule has 2 saturated heterocycles. The largest absolute Gasteiger partial charge is 0.497 e. The van der Waals surface area contributed by atoms with Gasteiger partial charge in [-0.2, -0.15) is 0 Å². The first kappa shape index (κ1) is 21.4. The van der Waals surface area contributed by atoms with E-state index < -0.39 is 0 Å². The van der Waals surface area contributed by atoms with Crippen molar-refractivity contribution >= 4 is 51.9 Å². The van der Waals surface area contributed by atoms with Gasteiger partial charge in [-0.05, 0) is 60.9 Å². The Kier molecular flexibility index (Phi) is 6.58. The number of carbonyl (C=O) groups excluding carboxylic acids is 2. The lowest BCUT2D eigenvalue weighted by atomic mass is 10.2. The van der Waals surface area contributed by atoms with Gasteiger partial charge in [-0.15, -0.1) is 0 Å². The van der Waals surface area contributed by atoms with E-state index in [1.807, 2.05) is 35.2 Å². The minimum atomic E-state index is -0.156. The monoisotopic (exact) mass is 454 g/mol. The van der Waals surface area contributed by atoms with Crippen LogP contribution in [-0.2, 0) is 9.59 Å². The molecule has 31 heavy (non-hydrogen) atoms. The third kappa shape index (κ3) is 4.91. The zero-order valence-corrected chi connectivity index (χ0v) is 18.7. The number of nitrogens with zero attached hydrogens (tertiary/aromatic N) is 2. The Labute approximate surface area is 190 Å². The summed E-state index contributed by atoms with van der Waals surface area (Å²) in [7, 11) is 1.60. The Morgan fingerprint density at radius 3 is 2.35 bits per heavy atom. The Morgan fingerprint density at radius 1 is 1.06 bits per heavy atom. The van der Waals surface area contributed by atoms with E-state index in [2.05, 4.69) is 0 Å². The number of carbonyl (C=O) groups is 2. The molecule has 0 atom stereocenters. The van der Waals surface area contributed by atoms with Gasteiger partial charge in [0.2, 0.25) is 0 Å². The van der Waals surface area contributed by atoms with Crippen molar-refractivity contribution in [2.45, 2.75) is 12.8 Å². The summed E-state index contributed by atoms with van der Waals surface area (Å²) in [6.07, 6.45) is 3.93. The molecular weight excluding hydrogens is 432 g/mol. The first-order chi connectivity index (χ1) is 15.0. The fourth-order valence-corrected chi connectivity index (χ4v) is 4.74. The van der Waals surface area contributed by atoms with Crippen LogP contribution >= 0.6 is 24.0 Å². The van der Waals surface area contributed by atoms with E-state index in [0.717, 1.165) is 31.5 Å². The van der Waals surface area contributed by atoms with Crippen molar-refractivity contribution in [3.05, 3.63) is 59.0 Å². The van der Waals surface area contributed by atoms with Gasteiger partial charge in [0, 0.05) is 13.1 Å². The van der Waals surface area contributed by atoms with Gasteiger partial charge < -0.3 is 14.4 Å². The van der Waals surface area contributed by atoms with Crippen LogP contribution in [0.1, 0.15) is 18.4 Å². The molecule has 160 valence electrons. The molecule has 4 rings (SSSR count). The topological polar surface area (TPSA) is 59.1 Å². The van der Waals surface area contributed by atoms with Crippen LogP contribution in [0.25, 0.3) is 6.08 Å². The van der Waals surface area contributed by atoms with Gasteiger partial charge in [-0.3, -0.25) is 14.5 Å². The number of methoxy groups -OCH3 is 1. The first-order valence-electron chi connectivity index (χ1n) is 9.98. The summed E-state index contributed by atoms with van der Waals surface area (Å²) in [5, 5.41) is 0. The average molecular weight is 455 g/mol. The summed E-state index contributed by atoms with van der Waals surface area (Å²) >= 11 is 6.69. The molecule has 8 heteroatoms. The highest BCUT2D eigenvalue weighted by Gasteiger charge is 2.33. The number of thiocarbonyl (C=S) groups is 1. The molecule has 2 aliphatic heterocycles. The predicted molar refractivity (Wildman–Crippen MR) is 126 cm³/mol. The molecule has 0 bridgehead atoms. The molecule has 2 aliphatic rings. The number of anilines is 1. The quantitative estimate of drug-likeness (QED) is 0.484. The molecule has 0 aromatic heterocycles.